The fourth-order valence-electron chi connectivity index (χ4n) is 0.863. The van der Waals surface area contributed by atoms with E-state index in [2.05, 4.69) is 0 Å². The summed E-state index contributed by atoms with van der Waals surface area (Å²) in [5, 5.41) is 17.7. The first-order valence-corrected chi connectivity index (χ1v) is 4.45. The van der Waals surface area contributed by atoms with Crippen LogP contribution in [0.15, 0.2) is 12.1 Å². The van der Waals surface area contributed by atoms with E-state index in [-0.39, 0.29) is 6.54 Å². The maximum Gasteiger partial charge on any atom is 0.110 e. The quantitative estimate of drug-likeness (QED) is 0.714. The second-order valence-corrected chi connectivity index (χ2v) is 3.64. The summed E-state index contributed by atoms with van der Waals surface area (Å²) in [6, 6.07) is 5.65. The molecule has 0 amide bonds. The van der Waals surface area contributed by atoms with Crippen molar-refractivity contribution < 1.29 is 5.11 Å². The standard InChI is InChI=1S/C8H10N2OS/c9-4-6(11)3-7-1-2-8(5-10)12-7/h1-2,6,11H,3-4,9H2. The summed E-state index contributed by atoms with van der Waals surface area (Å²) in [4.78, 5) is 1.68. The number of hydrogen-bond donors (Lipinski definition) is 2. The molecule has 1 unspecified atom stereocenters. The molecule has 0 bridgehead atoms. The zero-order valence-corrected chi connectivity index (χ0v) is 7.34. The molecule has 1 heterocycles. The maximum absolute atomic E-state index is 9.19. The van der Waals surface area contributed by atoms with E-state index in [0.29, 0.717) is 11.3 Å². The molecule has 0 spiro atoms. The van der Waals surface area contributed by atoms with Crippen LogP contribution in [-0.4, -0.2) is 17.8 Å². The molecule has 0 aliphatic heterocycles. The first kappa shape index (κ1) is 9.20. The molecule has 0 aliphatic carbocycles. The van der Waals surface area contributed by atoms with Crippen LogP contribution >= 0.6 is 11.3 Å². The predicted molar refractivity (Wildman–Crippen MR) is 47.8 cm³/mol. The molecule has 1 atom stereocenters. The Hall–Kier alpha value is -0.890. The number of nitrogens with zero attached hydrogens (tertiary/aromatic N) is 1. The third kappa shape index (κ3) is 2.31. The number of rotatable bonds is 3. The molecule has 0 aliphatic rings. The van der Waals surface area contributed by atoms with Crippen molar-refractivity contribution in [1.82, 2.24) is 0 Å². The van der Waals surface area contributed by atoms with Gasteiger partial charge < -0.3 is 10.8 Å². The summed E-state index contributed by atoms with van der Waals surface area (Å²) in [5.74, 6) is 0. The molecule has 0 saturated carbocycles. The molecular formula is C8H10N2OS. The van der Waals surface area contributed by atoms with Gasteiger partial charge in [0, 0.05) is 17.8 Å². The lowest BCUT2D eigenvalue weighted by Crippen LogP contribution is -2.21. The van der Waals surface area contributed by atoms with Gasteiger partial charge in [0.25, 0.3) is 0 Å². The van der Waals surface area contributed by atoms with Gasteiger partial charge in [-0.1, -0.05) is 0 Å². The Morgan fingerprint density at radius 2 is 2.42 bits per heavy atom. The summed E-state index contributed by atoms with van der Waals surface area (Å²) in [5.41, 5.74) is 5.25. The Bertz CT molecular complexity index is 289. The van der Waals surface area contributed by atoms with Gasteiger partial charge in [-0.25, -0.2) is 0 Å². The molecule has 0 saturated heterocycles. The lowest BCUT2D eigenvalue weighted by molar-refractivity contribution is 0.184. The van der Waals surface area contributed by atoms with Crippen molar-refractivity contribution in [3.05, 3.63) is 21.9 Å². The normalized spacial score (nSPS) is 12.4. The molecule has 3 nitrogen and oxygen atoms in total. The second-order valence-electron chi connectivity index (χ2n) is 2.47. The van der Waals surface area contributed by atoms with Gasteiger partial charge in [-0.3, -0.25) is 0 Å². The van der Waals surface area contributed by atoms with Gasteiger partial charge in [0.05, 0.1) is 6.10 Å². The summed E-state index contributed by atoms with van der Waals surface area (Å²) < 4.78 is 0. The number of thiophene rings is 1. The molecule has 3 N–H and O–H groups in total. The minimum atomic E-state index is -0.491. The van der Waals surface area contributed by atoms with E-state index in [4.69, 9.17) is 11.0 Å². The molecule has 1 rings (SSSR count). The van der Waals surface area contributed by atoms with Crippen LogP contribution in [0.5, 0.6) is 0 Å². The summed E-state index contributed by atoms with van der Waals surface area (Å²) >= 11 is 1.40. The summed E-state index contributed by atoms with van der Waals surface area (Å²) in [6.45, 7) is 0.264. The van der Waals surface area contributed by atoms with Crippen LogP contribution in [0.3, 0.4) is 0 Å². The third-order valence-electron chi connectivity index (χ3n) is 1.48. The molecule has 0 aromatic carbocycles. The van der Waals surface area contributed by atoms with Gasteiger partial charge in [-0.15, -0.1) is 11.3 Å². The van der Waals surface area contributed by atoms with E-state index >= 15 is 0 Å². The van der Waals surface area contributed by atoms with Crippen molar-refractivity contribution >= 4 is 11.3 Å². The monoisotopic (exact) mass is 182 g/mol. The Morgan fingerprint density at radius 1 is 1.67 bits per heavy atom. The van der Waals surface area contributed by atoms with Crippen molar-refractivity contribution in [2.24, 2.45) is 5.73 Å². The zero-order chi connectivity index (χ0) is 8.97. The molecule has 4 heteroatoms. The smallest absolute Gasteiger partial charge is 0.110 e. The van der Waals surface area contributed by atoms with Crippen LogP contribution in [0, 0.1) is 11.3 Å². The van der Waals surface area contributed by atoms with Crippen molar-refractivity contribution in [1.29, 1.82) is 5.26 Å². The van der Waals surface area contributed by atoms with Gasteiger partial charge in [-0.05, 0) is 12.1 Å². The first-order chi connectivity index (χ1) is 5.76. The van der Waals surface area contributed by atoms with E-state index in [1.165, 1.54) is 11.3 Å². The van der Waals surface area contributed by atoms with Crippen molar-refractivity contribution in [2.75, 3.05) is 6.54 Å². The zero-order valence-electron chi connectivity index (χ0n) is 6.53. The highest BCUT2D eigenvalue weighted by Crippen LogP contribution is 2.16. The third-order valence-corrected chi connectivity index (χ3v) is 2.49. The summed E-state index contributed by atoms with van der Waals surface area (Å²) in [6.07, 6.45) is 0.0539. The van der Waals surface area contributed by atoms with Crippen molar-refractivity contribution in [3.8, 4) is 6.07 Å². The second kappa shape index (κ2) is 4.21. The number of hydrogen-bond acceptors (Lipinski definition) is 4. The van der Waals surface area contributed by atoms with Crippen LogP contribution < -0.4 is 5.73 Å². The molecule has 12 heavy (non-hydrogen) atoms. The Morgan fingerprint density at radius 3 is 2.92 bits per heavy atom. The molecule has 0 fully saturated rings. The molecule has 64 valence electrons. The van der Waals surface area contributed by atoms with E-state index in [1.807, 2.05) is 12.1 Å². The van der Waals surface area contributed by atoms with E-state index in [9.17, 15) is 5.11 Å². The van der Waals surface area contributed by atoms with Crippen LogP contribution in [0.4, 0.5) is 0 Å². The minimum absolute atomic E-state index is 0.264. The van der Waals surface area contributed by atoms with Gasteiger partial charge in [-0.2, -0.15) is 5.26 Å². The van der Waals surface area contributed by atoms with Gasteiger partial charge >= 0.3 is 0 Å². The van der Waals surface area contributed by atoms with Gasteiger partial charge in [0.2, 0.25) is 0 Å². The number of nitrogens with two attached hydrogens (primary N) is 1. The number of aliphatic hydroxyl groups is 1. The van der Waals surface area contributed by atoms with E-state index < -0.39 is 6.10 Å². The predicted octanol–water partition coefficient (Wildman–Crippen LogP) is 0.482. The molecular weight excluding hydrogens is 172 g/mol. The van der Waals surface area contributed by atoms with E-state index in [1.54, 1.807) is 6.07 Å². The lowest BCUT2D eigenvalue weighted by atomic mass is 10.2. The Balaban J connectivity index is 2.59. The van der Waals surface area contributed by atoms with Crippen molar-refractivity contribution in [2.45, 2.75) is 12.5 Å². The Kier molecular flexibility index (Phi) is 3.23. The van der Waals surface area contributed by atoms with Gasteiger partial charge in [0.1, 0.15) is 10.9 Å². The fraction of sp³-hybridized carbons (Fsp3) is 0.375. The average Bonchev–Trinajstić information content (AvgIpc) is 2.52. The van der Waals surface area contributed by atoms with E-state index in [0.717, 1.165) is 4.88 Å². The summed E-state index contributed by atoms with van der Waals surface area (Å²) in [7, 11) is 0. The number of aliphatic hydroxyl groups excluding tert-OH is 1. The van der Waals surface area contributed by atoms with Crippen LogP contribution in [-0.2, 0) is 6.42 Å². The minimum Gasteiger partial charge on any atom is -0.391 e. The lowest BCUT2D eigenvalue weighted by Gasteiger charge is -2.03. The first-order valence-electron chi connectivity index (χ1n) is 3.63. The fourth-order valence-corrected chi connectivity index (χ4v) is 1.74. The SMILES string of the molecule is N#Cc1ccc(CC(O)CN)s1. The van der Waals surface area contributed by atoms with Crippen molar-refractivity contribution in [3.63, 3.8) is 0 Å². The highest BCUT2D eigenvalue weighted by atomic mass is 32.1. The number of nitriles is 1. The molecule has 0 radical (unpaired) electrons. The molecule has 1 aromatic heterocycles. The molecule has 1 aromatic rings. The van der Waals surface area contributed by atoms with Crippen LogP contribution in [0.25, 0.3) is 0 Å². The van der Waals surface area contributed by atoms with Gasteiger partial charge in [0.15, 0.2) is 0 Å². The average molecular weight is 182 g/mol. The topological polar surface area (TPSA) is 70.0 Å². The maximum atomic E-state index is 9.19. The Labute approximate surface area is 75.1 Å². The largest absolute Gasteiger partial charge is 0.391 e. The van der Waals surface area contributed by atoms with Crippen LogP contribution in [0.2, 0.25) is 0 Å². The highest BCUT2D eigenvalue weighted by Gasteiger charge is 2.05. The van der Waals surface area contributed by atoms with Crippen LogP contribution in [0.1, 0.15) is 9.75 Å². The highest BCUT2D eigenvalue weighted by molar-refractivity contribution is 7.12.